The normalized spacial score (nSPS) is 27.0. The highest BCUT2D eigenvalue weighted by Crippen LogP contribution is 2.24. The molecule has 1 aliphatic rings. The molecule has 0 amide bonds. The quantitative estimate of drug-likeness (QED) is 0.702. The van der Waals surface area contributed by atoms with Crippen LogP contribution in [0.5, 0.6) is 0 Å². The molecule has 2 heteroatoms. The van der Waals surface area contributed by atoms with Gasteiger partial charge in [0, 0.05) is 13.2 Å². The third kappa shape index (κ3) is 6.42. The molecule has 1 rings (SSSR count). The fourth-order valence-corrected chi connectivity index (χ4v) is 2.71. The minimum Gasteiger partial charge on any atom is -0.393 e. The van der Waals surface area contributed by atoms with E-state index in [1.54, 1.807) is 0 Å². The number of rotatable bonds is 8. The first-order valence-electron chi connectivity index (χ1n) is 7.52. The Morgan fingerprint density at radius 1 is 1.29 bits per heavy atom. The fourth-order valence-electron chi connectivity index (χ4n) is 2.71. The standard InChI is InChI=1S/C15H30O2/c1-3-5-7-13(4-2)11-17-12-14-8-6-9-15(16)10-14/h13-16H,3-12H2,1-2H3. The van der Waals surface area contributed by atoms with Gasteiger partial charge in [0.2, 0.25) is 0 Å². The average Bonchev–Trinajstić information content (AvgIpc) is 2.33. The Balaban J connectivity index is 2.08. The maximum Gasteiger partial charge on any atom is 0.0543 e. The van der Waals surface area contributed by atoms with Crippen molar-refractivity contribution in [3.63, 3.8) is 0 Å². The summed E-state index contributed by atoms with van der Waals surface area (Å²) in [6.45, 7) is 6.29. The number of aliphatic hydroxyl groups excluding tert-OH is 1. The zero-order chi connectivity index (χ0) is 12.5. The molecule has 2 nitrogen and oxygen atoms in total. The Hall–Kier alpha value is -0.0800. The van der Waals surface area contributed by atoms with Gasteiger partial charge in [-0.15, -0.1) is 0 Å². The minimum atomic E-state index is -0.0700. The van der Waals surface area contributed by atoms with E-state index in [4.69, 9.17) is 4.74 Å². The molecular weight excluding hydrogens is 212 g/mol. The summed E-state index contributed by atoms with van der Waals surface area (Å²) in [6, 6.07) is 0. The predicted molar refractivity (Wildman–Crippen MR) is 72.1 cm³/mol. The molecule has 0 heterocycles. The molecule has 102 valence electrons. The van der Waals surface area contributed by atoms with Crippen molar-refractivity contribution in [2.75, 3.05) is 13.2 Å². The minimum absolute atomic E-state index is 0.0700. The molecule has 0 saturated heterocycles. The molecule has 0 bridgehead atoms. The summed E-state index contributed by atoms with van der Waals surface area (Å²) in [5, 5.41) is 9.59. The first-order chi connectivity index (χ1) is 8.26. The highest BCUT2D eigenvalue weighted by molar-refractivity contribution is 4.71. The van der Waals surface area contributed by atoms with Gasteiger partial charge in [0.25, 0.3) is 0 Å². The molecule has 0 aliphatic heterocycles. The van der Waals surface area contributed by atoms with Crippen molar-refractivity contribution in [1.29, 1.82) is 0 Å². The molecule has 1 fully saturated rings. The molecule has 3 atom stereocenters. The SMILES string of the molecule is CCCCC(CC)COCC1CCCC(O)C1. The molecule has 3 unspecified atom stereocenters. The van der Waals surface area contributed by atoms with E-state index in [-0.39, 0.29) is 6.10 Å². The monoisotopic (exact) mass is 242 g/mol. The van der Waals surface area contributed by atoms with Crippen LogP contribution in [-0.2, 0) is 4.74 Å². The zero-order valence-corrected chi connectivity index (χ0v) is 11.7. The Morgan fingerprint density at radius 2 is 2.12 bits per heavy atom. The van der Waals surface area contributed by atoms with Crippen LogP contribution in [-0.4, -0.2) is 24.4 Å². The Bertz CT molecular complexity index is 182. The van der Waals surface area contributed by atoms with E-state index in [2.05, 4.69) is 13.8 Å². The summed E-state index contributed by atoms with van der Waals surface area (Å²) in [5.41, 5.74) is 0. The second-order valence-electron chi connectivity index (χ2n) is 5.64. The Morgan fingerprint density at radius 3 is 2.76 bits per heavy atom. The van der Waals surface area contributed by atoms with Crippen molar-refractivity contribution in [1.82, 2.24) is 0 Å². The third-order valence-corrected chi connectivity index (χ3v) is 4.01. The highest BCUT2D eigenvalue weighted by atomic mass is 16.5. The molecule has 0 radical (unpaired) electrons. The van der Waals surface area contributed by atoms with Crippen molar-refractivity contribution in [3.05, 3.63) is 0 Å². The maximum absolute atomic E-state index is 9.59. The number of aliphatic hydroxyl groups is 1. The van der Waals surface area contributed by atoms with Crippen LogP contribution in [0.2, 0.25) is 0 Å². The van der Waals surface area contributed by atoms with Crippen molar-refractivity contribution >= 4 is 0 Å². The van der Waals surface area contributed by atoms with Gasteiger partial charge in [0.15, 0.2) is 0 Å². The molecular formula is C15H30O2. The smallest absolute Gasteiger partial charge is 0.0543 e. The van der Waals surface area contributed by atoms with E-state index < -0.39 is 0 Å². The van der Waals surface area contributed by atoms with Gasteiger partial charge in [-0.1, -0.05) is 39.5 Å². The summed E-state index contributed by atoms with van der Waals surface area (Å²) < 4.78 is 5.86. The van der Waals surface area contributed by atoms with Gasteiger partial charge in [0.1, 0.15) is 0 Å². The molecule has 1 N–H and O–H groups in total. The molecule has 0 spiro atoms. The van der Waals surface area contributed by atoms with Crippen molar-refractivity contribution < 1.29 is 9.84 Å². The second kappa shape index (κ2) is 8.93. The van der Waals surface area contributed by atoms with Gasteiger partial charge in [-0.25, -0.2) is 0 Å². The first kappa shape index (κ1) is 15.0. The van der Waals surface area contributed by atoms with E-state index in [1.165, 1.54) is 38.5 Å². The lowest BCUT2D eigenvalue weighted by molar-refractivity contribution is 0.0265. The van der Waals surface area contributed by atoms with Gasteiger partial charge in [-0.05, 0) is 37.5 Å². The summed E-state index contributed by atoms with van der Waals surface area (Å²) in [5.74, 6) is 1.34. The van der Waals surface area contributed by atoms with Gasteiger partial charge in [0.05, 0.1) is 6.10 Å². The van der Waals surface area contributed by atoms with E-state index in [1.807, 2.05) is 0 Å². The van der Waals surface area contributed by atoms with Gasteiger partial charge in [-0.2, -0.15) is 0 Å². The van der Waals surface area contributed by atoms with Crippen molar-refractivity contribution in [2.45, 2.75) is 71.3 Å². The molecule has 0 aromatic carbocycles. The lowest BCUT2D eigenvalue weighted by Crippen LogP contribution is -2.24. The Labute approximate surface area is 107 Å². The summed E-state index contributed by atoms with van der Waals surface area (Å²) >= 11 is 0. The van der Waals surface area contributed by atoms with Gasteiger partial charge < -0.3 is 9.84 Å². The average molecular weight is 242 g/mol. The molecule has 17 heavy (non-hydrogen) atoms. The summed E-state index contributed by atoms with van der Waals surface area (Å²) in [7, 11) is 0. The van der Waals surface area contributed by atoms with Crippen LogP contribution < -0.4 is 0 Å². The van der Waals surface area contributed by atoms with Crippen LogP contribution in [0.25, 0.3) is 0 Å². The van der Waals surface area contributed by atoms with Gasteiger partial charge >= 0.3 is 0 Å². The topological polar surface area (TPSA) is 29.5 Å². The molecule has 1 aliphatic carbocycles. The van der Waals surface area contributed by atoms with Crippen LogP contribution in [0.1, 0.15) is 65.2 Å². The second-order valence-corrected chi connectivity index (χ2v) is 5.64. The number of hydrogen-bond donors (Lipinski definition) is 1. The zero-order valence-electron chi connectivity index (χ0n) is 11.7. The molecule has 1 saturated carbocycles. The highest BCUT2D eigenvalue weighted by Gasteiger charge is 2.20. The summed E-state index contributed by atoms with van der Waals surface area (Å²) in [4.78, 5) is 0. The van der Waals surface area contributed by atoms with Crippen molar-refractivity contribution in [3.8, 4) is 0 Å². The van der Waals surface area contributed by atoms with E-state index in [0.29, 0.717) is 5.92 Å². The molecule has 0 aromatic heterocycles. The van der Waals surface area contributed by atoms with E-state index in [9.17, 15) is 5.11 Å². The number of hydrogen-bond acceptors (Lipinski definition) is 2. The molecule has 0 aromatic rings. The lowest BCUT2D eigenvalue weighted by Gasteiger charge is -2.26. The van der Waals surface area contributed by atoms with E-state index >= 15 is 0 Å². The lowest BCUT2D eigenvalue weighted by atomic mass is 9.88. The van der Waals surface area contributed by atoms with Crippen molar-refractivity contribution in [2.24, 2.45) is 11.8 Å². The predicted octanol–water partition coefficient (Wildman–Crippen LogP) is 3.77. The van der Waals surface area contributed by atoms with E-state index in [0.717, 1.165) is 32.0 Å². The van der Waals surface area contributed by atoms with Crippen LogP contribution in [0.15, 0.2) is 0 Å². The first-order valence-corrected chi connectivity index (χ1v) is 7.52. The largest absolute Gasteiger partial charge is 0.393 e. The van der Waals surface area contributed by atoms with Crippen LogP contribution >= 0.6 is 0 Å². The number of unbranched alkanes of at least 4 members (excludes halogenated alkanes) is 1. The maximum atomic E-state index is 9.59. The van der Waals surface area contributed by atoms with Gasteiger partial charge in [-0.3, -0.25) is 0 Å². The number of ether oxygens (including phenoxy) is 1. The van der Waals surface area contributed by atoms with Crippen LogP contribution in [0, 0.1) is 11.8 Å². The Kier molecular flexibility index (Phi) is 7.87. The third-order valence-electron chi connectivity index (χ3n) is 4.01. The summed E-state index contributed by atoms with van der Waals surface area (Å²) in [6.07, 6.45) is 9.42. The fraction of sp³-hybridized carbons (Fsp3) is 1.00. The van der Waals surface area contributed by atoms with Crippen LogP contribution in [0.3, 0.4) is 0 Å². The van der Waals surface area contributed by atoms with Crippen LogP contribution in [0.4, 0.5) is 0 Å².